The van der Waals surface area contributed by atoms with Gasteiger partial charge in [0.1, 0.15) is 6.33 Å². The summed E-state index contributed by atoms with van der Waals surface area (Å²) in [5, 5.41) is 11.4. The summed E-state index contributed by atoms with van der Waals surface area (Å²) < 4.78 is 1.78. The highest BCUT2D eigenvalue weighted by molar-refractivity contribution is 7.99. The number of hydrogen-bond donors (Lipinski definition) is 1. The van der Waals surface area contributed by atoms with Gasteiger partial charge in [0.2, 0.25) is 5.91 Å². The van der Waals surface area contributed by atoms with Crippen LogP contribution in [0.4, 0.5) is 5.69 Å². The van der Waals surface area contributed by atoms with Gasteiger partial charge in [0, 0.05) is 23.9 Å². The summed E-state index contributed by atoms with van der Waals surface area (Å²) in [5.41, 5.74) is 5.77. The molecule has 8 heteroatoms. The standard InChI is InChI=1S/C25H20N6OS/c1-31-16-26-30-25(31)33-15-22(32)27-19-12-13-20-21(14-19)29-24(18-10-6-3-7-11-18)23(28-20)17-8-4-2-5-9-17/h2-14,16H,15H2,1H3,(H,27,32). The van der Waals surface area contributed by atoms with Crippen molar-refractivity contribution >= 4 is 34.4 Å². The second-order valence-corrected chi connectivity index (χ2v) is 8.36. The van der Waals surface area contributed by atoms with Gasteiger partial charge in [-0.15, -0.1) is 10.2 Å². The number of nitrogens with zero attached hydrogens (tertiary/aromatic N) is 5. The van der Waals surface area contributed by atoms with Crippen LogP contribution in [0.2, 0.25) is 0 Å². The highest BCUT2D eigenvalue weighted by Gasteiger charge is 2.14. The van der Waals surface area contributed by atoms with Gasteiger partial charge in [0.15, 0.2) is 5.16 Å². The van der Waals surface area contributed by atoms with Crippen LogP contribution in [0.3, 0.4) is 0 Å². The van der Waals surface area contributed by atoms with E-state index in [0.717, 1.165) is 28.0 Å². The molecule has 0 atom stereocenters. The molecule has 0 unspecified atom stereocenters. The Hall–Kier alpha value is -4.04. The van der Waals surface area contributed by atoms with Gasteiger partial charge >= 0.3 is 0 Å². The molecule has 1 N–H and O–H groups in total. The minimum atomic E-state index is -0.125. The number of carbonyl (C=O) groups excluding carboxylic acids is 1. The molecule has 2 heterocycles. The SMILES string of the molecule is Cn1cnnc1SCC(=O)Nc1ccc2nc(-c3ccccc3)c(-c3ccccc3)nc2c1. The lowest BCUT2D eigenvalue weighted by Crippen LogP contribution is -2.14. The second-order valence-electron chi connectivity index (χ2n) is 7.42. The number of aromatic nitrogens is 5. The maximum atomic E-state index is 12.5. The van der Waals surface area contributed by atoms with Crippen LogP contribution >= 0.6 is 11.8 Å². The number of amides is 1. The largest absolute Gasteiger partial charge is 0.325 e. The van der Waals surface area contributed by atoms with Crippen molar-refractivity contribution in [3.63, 3.8) is 0 Å². The molecule has 2 aromatic heterocycles. The molecule has 5 rings (SSSR count). The minimum absolute atomic E-state index is 0.125. The van der Waals surface area contributed by atoms with Crippen molar-refractivity contribution < 1.29 is 4.79 Å². The number of nitrogens with one attached hydrogen (secondary N) is 1. The van der Waals surface area contributed by atoms with E-state index in [0.29, 0.717) is 16.4 Å². The van der Waals surface area contributed by atoms with E-state index in [2.05, 4.69) is 15.5 Å². The van der Waals surface area contributed by atoms with Crippen LogP contribution < -0.4 is 5.32 Å². The van der Waals surface area contributed by atoms with E-state index in [4.69, 9.17) is 9.97 Å². The van der Waals surface area contributed by atoms with E-state index >= 15 is 0 Å². The lowest BCUT2D eigenvalue weighted by molar-refractivity contribution is -0.113. The smallest absolute Gasteiger partial charge is 0.234 e. The fourth-order valence-corrected chi connectivity index (χ4v) is 4.15. The molecule has 5 aromatic rings. The number of aryl methyl sites for hydroxylation is 1. The van der Waals surface area contributed by atoms with Gasteiger partial charge in [-0.25, -0.2) is 9.97 Å². The highest BCUT2D eigenvalue weighted by atomic mass is 32.2. The predicted molar refractivity (Wildman–Crippen MR) is 131 cm³/mol. The van der Waals surface area contributed by atoms with E-state index in [1.807, 2.05) is 85.9 Å². The molecule has 0 aliphatic rings. The maximum absolute atomic E-state index is 12.5. The van der Waals surface area contributed by atoms with Crippen molar-refractivity contribution in [2.45, 2.75) is 5.16 Å². The molecular weight excluding hydrogens is 432 g/mol. The summed E-state index contributed by atoms with van der Waals surface area (Å²) in [4.78, 5) is 22.3. The lowest BCUT2D eigenvalue weighted by Gasteiger charge is -2.12. The van der Waals surface area contributed by atoms with Crippen LogP contribution in [0.25, 0.3) is 33.5 Å². The number of carbonyl (C=O) groups is 1. The van der Waals surface area contributed by atoms with Crippen LogP contribution in [-0.4, -0.2) is 36.4 Å². The van der Waals surface area contributed by atoms with E-state index in [9.17, 15) is 4.79 Å². The molecule has 0 aliphatic carbocycles. The van der Waals surface area contributed by atoms with Crippen LogP contribution in [-0.2, 0) is 11.8 Å². The van der Waals surface area contributed by atoms with Crippen molar-refractivity contribution in [3.05, 3.63) is 85.2 Å². The molecule has 0 radical (unpaired) electrons. The van der Waals surface area contributed by atoms with Crippen molar-refractivity contribution in [3.8, 4) is 22.5 Å². The summed E-state index contributed by atoms with van der Waals surface area (Å²) in [6.07, 6.45) is 1.61. The van der Waals surface area contributed by atoms with Gasteiger partial charge < -0.3 is 9.88 Å². The number of anilines is 1. The van der Waals surface area contributed by atoms with Crippen molar-refractivity contribution in [2.75, 3.05) is 11.1 Å². The van der Waals surface area contributed by atoms with Crippen LogP contribution in [0.15, 0.2) is 90.3 Å². The van der Waals surface area contributed by atoms with Gasteiger partial charge in [0.25, 0.3) is 0 Å². The van der Waals surface area contributed by atoms with E-state index in [-0.39, 0.29) is 11.7 Å². The maximum Gasteiger partial charge on any atom is 0.234 e. The third-order valence-corrected chi connectivity index (χ3v) is 6.08. The monoisotopic (exact) mass is 452 g/mol. The fourth-order valence-electron chi connectivity index (χ4n) is 3.46. The Labute approximate surface area is 194 Å². The first-order valence-electron chi connectivity index (χ1n) is 10.4. The Balaban J connectivity index is 1.46. The first-order chi connectivity index (χ1) is 16.2. The molecule has 0 fully saturated rings. The molecular formula is C25H20N6OS. The van der Waals surface area contributed by atoms with E-state index in [1.54, 1.807) is 10.9 Å². The Bertz CT molecular complexity index is 1420. The predicted octanol–water partition coefficient (Wildman–Crippen LogP) is 4.82. The van der Waals surface area contributed by atoms with Gasteiger partial charge in [-0.3, -0.25) is 4.79 Å². The van der Waals surface area contributed by atoms with Gasteiger partial charge in [-0.2, -0.15) is 0 Å². The first kappa shape index (κ1) is 20.8. The molecule has 1 amide bonds. The number of hydrogen-bond acceptors (Lipinski definition) is 6. The number of thioether (sulfide) groups is 1. The quantitative estimate of drug-likeness (QED) is 0.372. The normalized spacial score (nSPS) is 10.9. The minimum Gasteiger partial charge on any atom is -0.325 e. The molecule has 0 spiro atoms. The summed E-state index contributed by atoms with van der Waals surface area (Å²) in [6.45, 7) is 0. The molecule has 162 valence electrons. The third kappa shape index (κ3) is 4.61. The molecule has 3 aromatic carbocycles. The van der Waals surface area contributed by atoms with Crippen LogP contribution in [0.1, 0.15) is 0 Å². The van der Waals surface area contributed by atoms with Gasteiger partial charge in [0.05, 0.1) is 28.2 Å². The van der Waals surface area contributed by atoms with E-state index < -0.39 is 0 Å². The molecule has 33 heavy (non-hydrogen) atoms. The van der Waals surface area contributed by atoms with Crippen molar-refractivity contribution in [2.24, 2.45) is 7.05 Å². The van der Waals surface area contributed by atoms with Gasteiger partial charge in [-0.05, 0) is 18.2 Å². The second kappa shape index (κ2) is 9.22. The summed E-state index contributed by atoms with van der Waals surface area (Å²) in [7, 11) is 1.84. The Morgan fingerprint density at radius 2 is 1.52 bits per heavy atom. The molecule has 7 nitrogen and oxygen atoms in total. The summed E-state index contributed by atoms with van der Waals surface area (Å²) in [6, 6.07) is 25.6. The molecule has 0 aliphatic heterocycles. The van der Waals surface area contributed by atoms with Crippen molar-refractivity contribution in [1.29, 1.82) is 0 Å². The highest BCUT2D eigenvalue weighted by Crippen LogP contribution is 2.31. The first-order valence-corrected chi connectivity index (χ1v) is 11.4. The van der Waals surface area contributed by atoms with Crippen molar-refractivity contribution in [1.82, 2.24) is 24.7 Å². The third-order valence-electron chi connectivity index (χ3n) is 5.04. The summed E-state index contributed by atoms with van der Waals surface area (Å²) in [5.74, 6) is 0.109. The van der Waals surface area contributed by atoms with Gasteiger partial charge in [-0.1, -0.05) is 72.4 Å². The topological polar surface area (TPSA) is 85.6 Å². The average molecular weight is 453 g/mol. The Morgan fingerprint density at radius 1 is 0.879 bits per heavy atom. The number of benzene rings is 3. The fraction of sp³-hybridized carbons (Fsp3) is 0.0800. The molecule has 0 saturated carbocycles. The zero-order chi connectivity index (χ0) is 22.6. The zero-order valence-electron chi connectivity index (χ0n) is 17.8. The molecule has 0 saturated heterocycles. The van der Waals surface area contributed by atoms with E-state index in [1.165, 1.54) is 11.8 Å². The average Bonchev–Trinajstić information content (AvgIpc) is 3.27. The number of fused-ring (bicyclic) bond motifs is 1. The zero-order valence-corrected chi connectivity index (χ0v) is 18.7. The van der Waals surface area contributed by atoms with Crippen LogP contribution in [0.5, 0.6) is 0 Å². The summed E-state index contributed by atoms with van der Waals surface area (Å²) >= 11 is 1.33. The van der Waals surface area contributed by atoms with Crippen LogP contribution in [0, 0.1) is 0 Å². The lowest BCUT2D eigenvalue weighted by atomic mass is 10.0. The number of rotatable bonds is 6. The Kier molecular flexibility index (Phi) is 5.82. The Morgan fingerprint density at radius 3 is 2.12 bits per heavy atom. The molecule has 0 bridgehead atoms.